The molecule has 1 saturated heterocycles. The van der Waals surface area contributed by atoms with E-state index in [9.17, 15) is 4.79 Å². The van der Waals surface area contributed by atoms with Crippen LogP contribution in [0.1, 0.15) is 18.4 Å². The second kappa shape index (κ2) is 4.07. The minimum absolute atomic E-state index is 0. The maximum atomic E-state index is 12.0. The number of benzene rings is 1. The highest BCUT2D eigenvalue weighted by Crippen LogP contribution is 2.32. The van der Waals surface area contributed by atoms with Crippen molar-refractivity contribution in [1.82, 2.24) is 5.32 Å². The summed E-state index contributed by atoms with van der Waals surface area (Å²) in [6.07, 6.45) is 2.87. The highest BCUT2D eigenvalue weighted by Gasteiger charge is 2.43. The van der Waals surface area contributed by atoms with Gasteiger partial charge in [0.1, 0.15) is 5.54 Å². The fourth-order valence-electron chi connectivity index (χ4n) is 2.59. The van der Waals surface area contributed by atoms with Crippen LogP contribution in [0.2, 0.25) is 0 Å². The van der Waals surface area contributed by atoms with Gasteiger partial charge >= 0.3 is 0 Å². The first-order chi connectivity index (χ1) is 7.30. The molecule has 0 aromatic heterocycles. The molecule has 1 amide bonds. The minimum atomic E-state index is -0.325. The van der Waals surface area contributed by atoms with Gasteiger partial charge in [0.05, 0.1) is 0 Å². The van der Waals surface area contributed by atoms with Gasteiger partial charge < -0.3 is 10.6 Å². The summed E-state index contributed by atoms with van der Waals surface area (Å²) in [4.78, 5) is 12.0. The van der Waals surface area contributed by atoms with Crippen LogP contribution in [0, 0.1) is 0 Å². The molecule has 1 atom stereocenters. The fraction of sp³-hybridized carbons (Fsp3) is 0.417. The van der Waals surface area contributed by atoms with Crippen molar-refractivity contribution in [3.05, 3.63) is 29.8 Å². The topological polar surface area (TPSA) is 41.1 Å². The smallest absolute Gasteiger partial charge is 0.245 e. The molecule has 86 valence electrons. The number of hydrogen-bond acceptors (Lipinski definition) is 2. The summed E-state index contributed by atoms with van der Waals surface area (Å²) in [5.41, 5.74) is 1.89. The first-order valence-electron chi connectivity index (χ1n) is 5.45. The minimum Gasteiger partial charge on any atom is -0.324 e. The Morgan fingerprint density at radius 1 is 1.25 bits per heavy atom. The van der Waals surface area contributed by atoms with Crippen LogP contribution < -0.4 is 10.6 Å². The van der Waals surface area contributed by atoms with Gasteiger partial charge in [0, 0.05) is 12.1 Å². The Bertz CT molecular complexity index is 413. The fourth-order valence-corrected chi connectivity index (χ4v) is 2.59. The van der Waals surface area contributed by atoms with Crippen LogP contribution in [0.15, 0.2) is 24.3 Å². The highest BCUT2D eigenvalue weighted by molar-refractivity contribution is 6.01. The van der Waals surface area contributed by atoms with Crippen LogP contribution in [-0.2, 0) is 11.2 Å². The average Bonchev–Trinajstić information content (AvgIpc) is 2.70. The van der Waals surface area contributed by atoms with E-state index < -0.39 is 0 Å². The van der Waals surface area contributed by atoms with Gasteiger partial charge in [0.25, 0.3) is 0 Å². The number of anilines is 1. The van der Waals surface area contributed by atoms with E-state index in [4.69, 9.17) is 0 Å². The van der Waals surface area contributed by atoms with E-state index in [1.807, 2.05) is 18.2 Å². The molecule has 2 heterocycles. The third-order valence-corrected chi connectivity index (χ3v) is 3.44. The first kappa shape index (κ1) is 11.4. The number of amides is 1. The van der Waals surface area contributed by atoms with Gasteiger partial charge in [0.2, 0.25) is 5.91 Å². The van der Waals surface area contributed by atoms with E-state index in [1.165, 1.54) is 5.56 Å². The second-order valence-corrected chi connectivity index (χ2v) is 4.40. The molecule has 3 nitrogen and oxygen atoms in total. The Kier molecular flexibility index (Phi) is 2.91. The zero-order valence-electron chi connectivity index (χ0n) is 8.95. The lowest BCUT2D eigenvalue weighted by Gasteiger charge is -2.33. The maximum Gasteiger partial charge on any atom is 0.245 e. The zero-order valence-corrected chi connectivity index (χ0v) is 9.77. The van der Waals surface area contributed by atoms with E-state index in [2.05, 4.69) is 16.7 Å². The molecular weight excluding hydrogens is 224 g/mol. The van der Waals surface area contributed by atoms with Crippen molar-refractivity contribution in [2.24, 2.45) is 0 Å². The Morgan fingerprint density at radius 3 is 2.81 bits per heavy atom. The largest absolute Gasteiger partial charge is 0.324 e. The molecule has 4 heteroatoms. The Morgan fingerprint density at radius 2 is 2.06 bits per heavy atom. The van der Waals surface area contributed by atoms with Crippen LogP contribution in [0.25, 0.3) is 0 Å². The van der Waals surface area contributed by atoms with Crippen molar-refractivity contribution in [3.8, 4) is 0 Å². The maximum absolute atomic E-state index is 12.0. The summed E-state index contributed by atoms with van der Waals surface area (Å²) in [6, 6.07) is 8.05. The molecule has 16 heavy (non-hydrogen) atoms. The normalized spacial score (nSPS) is 27.1. The van der Waals surface area contributed by atoms with Gasteiger partial charge in [0.15, 0.2) is 0 Å². The van der Waals surface area contributed by atoms with Crippen molar-refractivity contribution >= 4 is 24.0 Å². The van der Waals surface area contributed by atoms with E-state index in [0.29, 0.717) is 0 Å². The van der Waals surface area contributed by atoms with Crippen molar-refractivity contribution in [2.75, 3.05) is 11.9 Å². The monoisotopic (exact) mass is 238 g/mol. The van der Waals surface area contributed by atoms with Gasteiger partial charge in [-0.25, -0.2) is 0 Å². The lowest BCUT2D eigenvalue weighted by atomic mass is 9.84. The number of carbonyl (C=O) groups is 1. The van der Waals surface area contributed by atoms with Crippen LogP contribution in [0.4, 0.5) is 5.69 Å². The summed E-state index contributed by atoms with van der Waals surface area (Å²) in [5, 5.41) is 6.34. The molecule has 3 rings (SSSR count). The van der Waals surface area contributed by atoms with Crippen LogP contribution in [0.3, 0.4) is 0 Å². The third kappa shape index (κ3) is 1.60. The molecule has 1 spiro atoms. The molecule has 0 radical (unpaired) electrons. The molecule has 2 N–H and O–H groups in total. The highest BCUT2D eigenvalue weighted by atomic mass is 35.5. The molecule has 0 bridgehead atoms. The van der Waals surface area contributed by atoms with Gasteiger partial charge in [-0.15, -0.1) is 12.4 Å². The first-order valence-corrected chi connectivity index (χ1v) is 5.45. The van der Waals surface area contributed by atoms with Crippen LogP contribution in [-0.4, -0.2) is 18.0 Å². The zero-order chi connectivity index (χ0) is 10.3. The standard InChI is InChI=1S/C12H14N2O.ClH/c15-11-12(6-3-7-13-12)8-9-4-1-2-5-10(9)14-11;/h1-2,4-5,13H,3,6-8H2,(H,14,15);1H. The number of para-hydroxylation sites is 1. The SMILES string of the molecule is Cl.O=C1Nc2ccccc2CC12CCCN2. The number of fused-ring (bicyclic) bond motifs is 1. The van der Waals surface area contributed by atoms with E-state index in [1.54, 1.807) is 0 Å². The Balaban J connectivity index is 0.000000963. The summed E-state index contributed by atoms with van der Waals surface area (Å²) in [7, 11) is 0. The summed E-state index contributed by atoms with van der Waals surface area (Å²) >= 11 is 0. The number of rotatable bonds is 0. The molecule has 1 aromatic rings. The van der Waals surface area contributed by atoms with E-state index in [0.717, 1.165) is 31.5 Å². The molecule has 0 saturated carbocycles. The van der Waals surface area contributed by atoms with Crippen LogP contribution >= 0.6 is 12.4 Å². The number of hydrogen-bond donors (Lipinski definition) is 2. The van der Waals surface area contributed by atoms with Crippen molar-refractivity contribution in [1.29, 1.82) is 0 Å². The second-order valence-electron chi connectivity index (χ2n) is 4.40. The molecule has 2 aliphatic rings. The molecule has 0 aliphatic carbocycles. The average molecular weight is 239 g/mol. The molecule has 2 aliphatic heterocycles. The summed E-state index contributed by atoms with van der Waals surface area (Å²) in [5.74, 6) is 0.138. The van der Waals surface area contributed by atoms with Gasteiger partial charge in [-0.1, -0.05) is 18.2 Å². The third-order valence-electron chi connectivity index (χ3n) is 3.44. The quantitative estimate of drug-likeness (QED) is 0.723. The number of nitrogens with one attached hydrogen (secondary N) is 2. The summed E-state index contributed by atoms with van der Waals surface area (Å²) < 4.78 is 0. The number of carbonyl (C=O) groups excluding carboxylic acids is 1. The van der Waals surface area contributed by atoms with E-state index in [-0.39, 0.29) is 23.9 Å². The lowest BCUT2D eigenvalue weighted by Crippen LogP contribution is -2.54. The predicted molar refractivity (Wildman–Crippen MR) is 66.0 cm³/mol. The molecule has 1 unspecified atom stereocenters. The van der Waals surface area contributed by atoms with Crippen molar-refractivity contribution in [2.45, 2.75) is 24.8 Å². The van der Waals surface area contributed by atoms with Crippen molar-refractivity contribution in [3.63, 3.8) is 0 Å². The Hall–Kier alpha value is -1.06. The summed E-state index contributed by atoms with van der Waals surface area (Å²) in [6.45, 7) is 0.954. The van der Waals surface area contributed by atoms with Gasteiger partial charge in [-0.2, -0.15) is 0 Å². The number of halogens is 1. The van der Waals surface area contributed by atoms with Gasteiger partial charge in [-0.3, -0.25) is 4.79 Å². The van der Waals surface area contributed by atoms with Crippen molar-refractivity contribution < 1.29 is 4.79 Å². The molecular formula is C12H15ClN2O. The van der Waals surface area contributed by atoms with Crippen LogP contribution in [0.5, 0.6) is 0 Å². The molecule has 1 aromatic carbocycles. The van der Waals surface area contributed by atoms with Gasteiger partial charge in [-0.05, 0) is 31.0 Å². The Labute approximate surface area is 101 Å². The lowest BCUT2D eigenvalue weighted by molar-refractivity contribution is -0.122. The molecule has 1 fully saturated rings. The predicted octanol–water partition coefficient (Wildman–Crippen LogP) is 1.73. The van der Waals surface area contributed by atoms with E-state index >= 15 is 0 Å².